The van der Waals surface area contributed by atoms with Gasteiger partial charge in [-0.15, -0.1) is 0 Å². The Bertz CT molecular complexity index is 432. The number of esters is 1. The van der Waals surface area contributed by atoms with Gasteiger partial charge in [0.1, 0.15) is 0 Å². The molecule has 0 atom stereocenters. The lowest BCUT2D eigenvalue weighted by Gasteiger charge is -2.09. The van der Waals surface area contributed by atoms with E-state index in [9.17, 15) is 9.59 Å². The maximum Gasteiger partial charge on any atom is 0.305 e. The first kappa shape index (κ1) is 13.5. The van der Waals surface area contributed by atoms with Crippen LogP contribution in [0.3, 0.4) is 0 Å². The van der Waals surface area contributed by atoms with Gasteiger partial charge in [-0.3, -0.25) is 9.59 Å². The third kappa shape index (κ3) is 4.07. The Kier molecular flexibility index (Phi) is 4.97. The predicted octanol–water partition coefficient (Wildman–Crippen LogP) is 2.40. The van der Waals surface area contributed by atoms with Crippen molar-refractivity contribution in [1.82, 2.24) is 0 Å². The number of anilines is 1. The molecule has 1 aromatic carbocycles. The van der Waals surface area contributed by atoms with Crippen molar-refractivity contribution in [3.05, 3.63) is 28.8 Å². The molecule has 17 heavy (non-hydrogen) atoms. The number of carbonyl (C=O) groups is 2. The quantitative estimate of drug-likeness (QED) is 0.841. The highest BCUT2D eigenvalue weighted by atomic mass is 35.5. The summed E-state index contributed by atoms with van der Waals surface area (Å²) in [4.78, 5) is 22.0. The summed E-state index contributed by atoms with van der Waals surface area (Å²) in [5.74, 6) is -0.469. The van der Waals surface area contributed by atoms with Crippen molar-refractivity contribution in [2.75, 3.05) is 12.4 Å². The number of ether oxygens (including phenoxy) is 1. The van der Waals surface area contributed by atoms with Crippen LogP contribution >= 0.6 is 11.6 Å². The third-order valence-electron chi connectivity index (χ3n) is 2.22. The van der Waals surface area contributed by atoms with E-state index in [-0.39, 0.29) is 18.3 Å². The Balaban J connectivity index is 2.79. The van der Waals surface area contributed by atoms with Crippen molar-refractivity contribution < 1.29 is 14.3 Å². The van der Waals surface area contributed by atoms with Gasteiger partial charge in [-0.25, -0.2) is 0 Å². The van der Waals surface area contributed by atoms with Gasteiger partial charge in [0.25, 0.3) is 0 Å². The van der Waals surface area contributed by atoms with E-state index < -0.39 is 0 Å². The Labute approximate surface area is 105 Å². The second-order valence-corrected chi connectivity index (χ2v) is 3.91. The average Bonchev–Trinajstić information content (AvgIpc) is 2.29. The summed E-state index contributed by atoms with van der Waals surface area (Å²) in [6.45, 7) is 1.41. The van der Waals surface area contributed by atoms with Gasteiger partial charge in [0, 0.05) is 13.3 Å². The van der Waals surface area contributed by atoms with E-state index in [0.717, 1.165) is 5.56 Å². The fraction of sp³-hybridized carbons (Fsp3) is 0.333. The summed E-state index contributed by atoms with van der Waals surface area (Å²) in [5, 5.41) is 3.09. The summed E-state index contributed by atoms with van der Waals surface area (Å²) in [6, 6.07) is 5.31. The second kappa shape index (κ2) is 6.25. The highest BCUT2D eigenvalue weighted by Crippen LogP contribution is 2.26. The fourth-order valence-corrected chi connectivity index (χ4v) is 1.67. The Morgan fingerprint density at radius 3 is 2.71 bits per heavy atom. The van der Waals surface area contributed by atoms with Crippen LogP contribution in [0.2, 0.25) is 5.02 Å². The molecular weight excluding hydrogens is 242 g/mol. The summed E-state index contributed by atoms with van der Waals surface area (Å²) in [5.41, 5.74) is 1.37. The van der Waals surface area contributed by atoms with Crippen LogP contribution in [0.25, 0.3) is 0 Å². The monoisotopic (exact) mass is 255 g/mol. The van der Waals surface area contributed by atoms with E-state index >= 15 is 0 Å². The van der Waals surface area contributed by atoms with Crippen molar-refractivity contribution in [3.63, 3.8) is 0 Å². The molecule has 0 aliphatic rings. The number of halogens is 1. The van der Waals surface area contributed by atoms with E-state index in [1.54, 1.807) is 12.1 Å². The lowest BCUT2D eigenvalue weighted by atomic mass is 10.1. The first-order valence-corrected chi connectivity index (χ1v) is 5.54. The number of hydrogen-bond acceptors (Lipinski definition) is 3. The van der Waals surface area contributed by atoms with Crippen molar-refractivity contribution in [2.24, 2.45) is 0 Å². The minimum Gasteiger partial charge on any atom is -0.469 e. The summed E-state index contributed by atoms with van der Waals surface area (Å²) in [6.07, 6.45) is 0.749. The lowest BCUT2D eigenvalue weighted by molar-refractivity contribution is -0.140. The third-order valence-corrected chi connectivity index (χ3v) is 2.66. The predicted molar refractivity (Wildman–Crippen MR) is 66.1 cm³/mol. The van der Waals surface area contributed by atoms with Crippen LogP contribution in [0.5, 0.6) is 0 Å². The summed E-state index contributed by atoms with van der Waals surface area (Å²) < 4.78 is 4.55. The van der Waals surface area contributed by atoms with Gasteiger partial charge in [0.2, 0.25) is 5.91 Å². The molecule has 0 heterocycles. The van der Waals surface area contributed by atoms with Crippen LogP contribution in [0.1, 0.15) is 18.9 Å². The molecule has 1 N–H and O–H groups in total. The smallest absolute Gasteiger partial charge is 0.305 e. The van der Waals surface area contributed by atoms with Crippen molar-refractivity contribution in [3.8, 4) is 0 Å². The number of amides is 1. The molecule has 0 radical (unpaired) electrons. The van der Waals surface area contributed by atoms with Gasteiger partial charge in [0.05, 0.1) is 17.8 Å². The van der Waals surface area contributed by atoms with Crippen molar-refractivity contribution >= 4 is 29.2 Å². The molecule has 1 aromatic rings. The molecule has 4 nitrogen and oxygen atoms in total. The van der Waals surface area contributed by atoms with E-state index in [4.69, 9.17) is 11.6 Å². The number of carbonyl (C=O) groups excluding carboxylic acids is 2. The van der Waals surface area contributed by atoms with Gasteiger partial charge in [-0.1, -0.05) is 23.7 Å². The Hall–Kier alpha value is -1.55. The maximum absolute atomic E-state index is 11.0. The lowest BCUT2D eigenvalue weighted by Crippen LogP contribution is -2.07. The highest BCUT2D eigenvalue weighted by molar-refractivity contribution is 6.34. The molecule has 0 fully saturated rings. The number of hydrogen-bond donors (Lipinski definition) is 1. The van der Waals surface area contributed by atoms with E-state index in [2.05, 4.69) is 10.1 Å². The van der Waals surface area contributed by atoms with E-state index in [1.165, 1.54) is 14.0 Å². The Morgan fingerprint density at radius 1 is 1.41 bits per heavy atom. The second-order valence-electron chi connectivity index (χ2n) is 3.54. The van der Waals surface area contributed by atoms with Gasteiger partial charge in [-0.2, -0.15) is 0 Å². The molecule has 0 aliphatic heterocycles. The van der Waals surface area contributed by atoms with Crippen LogP contribution < -0.4 is 5.32 Å². The van der Waals surface area contributed by atoms with Crippen LogP contribution in [-0.4, -0.2) is 19.0 Å². The molecule has 5 heteroatoms. The first-order chi connectivity index (χ1) is 8.04. The molecule has 1 rings (SSSR count). The molecule has 0 aromatic heterocycles. The number of rotatable bonds is 4. The largest absolute Gasteiger partial charge is 0.469 e. The molecule has 0 bridgehead atoms. The minimum absolute atomic E-state index is 0.183. The molecule has 0 aliphatic carbocycles. The minimum atomic E-state index is -0.286. The maximum atomic E-state index is 11.0. The van der Waals surface area contributed by atoms with Gasteiger partial charge in [-0.05, 0) is 18.1 Å². The molecule has 0 spiro atoms. The fourth-order valence-electron chi connectivity index (χ4n) is 1.40. The summed E-state index contributed by atoms with van der Waals surface area (Å²) in [7, 11) is 1.34. The van der Waals surface area contributed by atoms with Gasteiger partial charge in [0.15, 0.2) is 0 Å². The number of aryl methyl sites for hydroxylation is 1. The van der Waals surface area contributed by atoms with Crippen LogP contribution in [0.4, 0.5) is 5.69 Å². The molecule has 0 unspecified atom stereocenters. The number of methoxy groups -OCH3 is 1. The molecular formula is C12H14ClNO3. The van der Waals surface area contributed by atoms with E-state index in [1.807, 2.05) is 6.07 Å². The topological polar surface area (TPSA) is 55.4 Å². The van der Waals surface area contributed by atoms with Gasteiger partial charge >= 0.3 is 5.97 Å². The number of benzene rings is 1. The zero-order chi connectivity index (χ0) is 12.8. The van der Waals surface area contributed by atoms with Crippen LogP contribution in [0.15, 0.2) is 18.2 Å². The Morgan fingerprint density at radius 2 is 2.12 bits per heavy atom. The summed E-state index contributed by atoms with van der Waals surface area (Å²) >= 11 is 6.11. The number of nitrogens with one attached hydrogen (secondary N) is 1. The zero-order valence-corrected chi connectivity index (χ0v) is 10.5. The first-order valence-electron chi connectivity index (χ1n) is 5.16. The van der Waals surface area contributed by atoms with Crippen molar-refractivity contribution in [1.29, 1.82) is 0 Å². The molecule has 0 saturated heterocycles. The highest BCUT2D eigenvalue weighted by Gasteiger charge is 2.09. The van der Waals surface area contributed by atoms with Gasteiger partial charge < -0.3 is 10.1 Å². The SMILES string of the molecule is COC(=O)CCc1cccc(NC(C)=O)c1Cl. The molecule has 1 amide bonds. The standard InChI is InChI=1S/C12H14ClNO3/c1-8(15)14-10-5-3-4-9(12(10)13)6-7-11(16)17-2/h3-5H,6-7H2,1-2H3,(H,14,15). The zero-order valence-electron chi connectivity index (χ0n) is 9.75. The molecule has 92 valence electrons. The van der Waals surface area contributed by atoms with Crippen molar-refractivity contribution in [2.45, 2.75) is 19.8 Å². The normalized spacial score (nSPS) is 9.82. The average molecular weight is 256 g/mol. The van der Waals surface area contributed by atoms with Crippen LogP contribution in [-0.2, 0) is 20.7 Å². The van der Waals surface area contributed by atoms with E-state index in [0.29, 0.717) is 17.1 Å². The van der Waals surface area contributed by atoms with Crippen LogP contribution in [0, 0.1) is 0 Å². The molecule has 0 saturated carbocycles.